The van der Waals surface area contributed by atoms with Crippen molar-refractivity contribution in [2.45, 2.75) is 26.1 Å². The maximum absolute atomic E-state index is 12.6. The molecule has 0 radical (unpaired) electrons. The summed E-state index contributed by atoms with van der Waals surface area (Å²) in [4.78, 5) is 28.7. The van der Waals surface area contributed by atoms with E-state index < -0.39 is 11.8 Å². The Labute approximate surface area is 160 Å². The number of carbonyl (C=O) groups excluding carboxylic acids is 1. The molecule has 8 heteroatoms. The fourth-order valence-corrected chi connectivity index (χ4v) is 3.14. The largest absolute Gasteiger partial charge is 0.420 e. The van der Waals surface area contributed by atoms with Crippen LogP contribution in [0, 0.1) is 0 Å². The summed E-state index contributed by atoms with van der Waals surface area (Å²) in [7, 11) is 0. The number of amides is 1. The molecule has 2 aromatic heterocycles. The lowest BCUT2D eigenvalue weighted by Crippen LogP contribution is -2.34. The Bertz CT molecular complexity index is 1160. The zero-order valence-electron chi connectivity index (χ0n) is 15.3. The standard InChI is InChI=1S/C20H19N5O3/c1-14(25-17-7-2-3-8-18(17)28-20(25)27)19(26)22-10-15-5-4-6-16(9-15)11-24-13-21-12-23-24/h2-9,12-14H,10-11H2,1H3,(H,22,26). The summed E-state index contributed by atoms with van der Waals surface area (Å²) < 4.78 is 8.31. The third kappa shape index (κ3) is 3.57. The Morgan fingerprint density at radius 3 is 2.82 bits per heavy atom. The van der Waals surface area contributed by atoms with Gasteiger partial charge in [-0.05, 0) is 30.2 Å². The van der Waals surface area contributed by atoms with Crippen LogP contribution in [0.25, 0.3) is 11.1 Å². The lowest BCUT2D eigenvalue weighted by molar-refractivity contribution is -0.124. The number of hydrogen-bond donors (Lipinski definition) is 1. The summed E-state index contributed by atoms with van der Waals surface area (Å²) in [6, 6.07) is 14.2. The number of oxazole rings is 1. The smallest absolute Gasteiger partial charge is 0.408 e. The van der Waals surface area contributed by atoms with Crippen LogP contribution in [0.3, 0.4) is 0 Å². The molecule has 4 rings (SSSR count). The highest BCUT2D eigenvalue weighted by molar-refractivity contribution is 5.82. The Kier molecular flexibility index (Phi) is 4.76. The molecule has 0 aliphatic heterocycles. The van der Waals surface area contributed by atoms with Crippen LogP contribution < -0.4 is 11.1 Å². The van der Waals surface area contributed by atoms with Crippen LogP contribution in [-0.4, -0.2) is 25.2 Å². The second-order valence-corrected chi connectivity index (χ2v) is 6.51. The number of benzene rings is 2. The first-order valence-electron chi connectivity index (χ1n) is 8.90. The molecule has 0 bridgehead atoms. The zero-order chi connectivity index (χ0) is 19.5. The molecule has 28 heavy (non-hydrogen) atoms. The predicted molar refractivity (Wildman–Crippen MR) is 103 cm³/mol. The quantitative estimate of drug-likeness (QED) is 0.555. The van der Waals surface area contributed by atoms with Gasteiger partial charge in [0.25, 0.3) is 0 Å². The van der Waals surface area contributed by atoms with Crippen molar-refractivity contribution in [2.75, 3.05) is 0 Å². The van der Waals surface area contributed by atoms with Crippen LogP contribution in [0.4, 0.5) is 0 Å². The van der Waals surface area contributed by atoms with Crippen LogP contribution in [0.15, 0.2) is 70.4 Å². The number of para-hydroxylation sites is 2. The van der Waals surface area contributed by atoms with E-state index in [2.05, 4.69) is 15.4 Å². The summed E-state index contributed by atoms with van der Waals surface area (Å²) in [5.74, 6) is -0.797. The van der Waals surface area contributed by atoms with E-state index in [1.165, 1.54) is 10.9 Å². The van der Waals surface area contributed by atoms with E-state index in [0.29, 0.717) is 24.2 Å². The molecule has 0 spiro atoms. The molecule has 0 fully saturated rings. The van der Waals surface area contributed by atoms with Crippen molar-refractivity contribution in [3.8, 4) is 0 Å². The number of aromatic nitrogens is 4. The first kappa shape index (κ1) is 17.7. The molecule has 4 aromatic rings. The molecule has 1 atom stereocenters. The summed E-state index contributed by atoms with van der Waals surface area (Å²) in [6.45, 7) is 2.65. The Hall–Kier alpha value is -3.68. The minimum atomic E-state index is -0.686. The molecular weight excluding hydrogens is 358 g/mol. The van der Waals surface area contributed by atoms with Gasteiger partial charge in [0.2, 0.25) is 5.91 Å². The lowest BCUT2D eigenvalue weighted by Gasteiger charge is -2.13. The van der Waals surface area contributed by atoms with Crippen LogP contribution in [0.1, 0.15) is 24.1 Å². The van der Waals surface area contributed by atoms with E-state index in [9.17, 15) is 9.59 Å². The van der Waals surface area contributed by atoms with Crippen LogP contribution in [0.2, 0.25) is 0 Å². The fraction of sp³-hybridized carbons (Fsp3) is 0.200. The number of fused-ring (bicyclic) bond motifs is 1. The monoisotopic (exact) mass is 377 g/mol. The SMILES string of the molecule is CC(C(=O)NCc1cccc(Cn2cncn2)c1)n1c(=O)oc2ccccc21. The van der Waals surface area contributed by atoms with E-state index >= 15 is 0 Å². The summed E-state index contributed by atoms with van der Waals surface area (Å²) in [6.07, 6.45) is 3.15. The number of hydrogen-bond acceptors (Lipinski definition) is 5. The van der Waals surface area contributed by atoms with Crippen molar-refractivity contribution >= 4 is 17.0 Å². The first-order valence-corrected chi connectivity index (χ1v) is 8.90. The van der Waals surface area contributed by atoms with Crippen LogP contribution in [0.5, 0.6) is 0 Å². The third-order valence-corrected chi connectivity index (χ3v) is 4.55. The molecule has 1 amide bonds. The highest BCUT2D eigenvalue weighted by Crippen LogP contribution is 2.17. The highest BCUT2D eigenvalue weighted by Gasteiger charge is 2.20. The highest BCUT2D eigenvalue weighted by atomic mass is 16.4. The molecular formula is C20H19N5O3. The topological polar surface area (TPSA) is 95.0 Å². The predicted octanol–water partition coefficient (Wildman–Crippen LogP) is 2.11. The van der Waals surface area contributed by atoms with Crippen molar-refractivity contribution in [3.05, 3.63) is 82.9 Å². The van der Waals surface area contributed by atoms with Gasteiger partial charge < -0.3 is 9.73 Å². The van der Waals surface area contributed by atoms with Gasteiger partial charge in [-0.2, -0.15) is 5.10 Å². The maximum atomic E-state index is 12.6. The minimum absolute atomic E-state index is 0.254. The zero-order valence-corrected chi connectivity index (χ0v) is 15.3. The molecule has 0 aliphatic carbocycles. The van der Waals surface area contributed by atoms with E-state index in [-0.39, 0.29) is 5.91 Å². The van der Waals surface area contributed by atoms with Gasteiger partial charge in [-0.3, -0.25) is 9.36 Å². The maximum Gasteiger partial charge on any atom is 0.420 e. The normalized spacial score (nSPS) is 12.2. The molecule has 0 saturated carbocycles. The van der Waals surface area contributed by atoms with Crippen molar-refractivity contribution in [1.29, 1.82) is 0 Å². The van der Waals surface area contributed by atoms with E-state index in [1.807, 2.05) is 24.3 Å². The van der Waals surface area contributed by atoms with Crippen molar-refractivity contribution in [3.63, 3.8) is 0 Å². The summed E-state index contributed by atoms with van der Waals surface area (Å²) >= 11 is 0. The molecule has 0 saturated heterocycles. The van der Waals surface area contributed by atoms with E-state index in [4.69, 9.17) is 4.42 Å². The van der Waals surface area contributed by atoms with Gasteiger partial charge in [0.1, 0.15) is 18.7 Å². The number of nitrogens with one attached hydrogen (secondary N) is 1. The Balaban J connectivity index is 1.45. The average molecular weight is 377 g/mol. The van der Waals surface area contributed by atoms with Crippen LogP contribution >= 0.6 is 0 Å². The number of nitrogens with zero attached hydrogens (tertiary/aromatic N) is 4. The van der Waals surface area contributed by atoms with Gasteiger partial charge in [0.15, 0.2) is 5.58 Å². The van der Waals surface area contributed by atoms with Gasteiger partial charge in [-0.1, -0.05) is 36.4 Å². The molecule has 1 N–H and O–H groups in total. The number of carbonyl (C=O) groups is 1. The second kappa shape index (κ2) is 7.51. The summed E-state index contributed by atoms with van der Waals surface area (Å²) in [5, 5.41) is 6.98. The second-order valence-electron chi connectivity index (χ2n) is 6.51. The fourth-order valence-electron chi connectivity index (χ4n) is 3.14. The molecule has 2 aromatic carbocycles. The van der Waals surface area contributed by atoms with E-state index in [1.54, 1.807) is 42.2 Å². The third-order valence-electron chi connectivity index (χ3n) is 4.55. The molecule has 8 nitrogen and oxygen atoms in total. The van der Waals surface area contributed by atoms with Crippen molar-refractivity contribution in [1.82, 2.24) is 24.6 Å². The Morgan fingerprint density at radius 1 is 1.18 bits per heavy atom. The van der Waals surface area contributed by atoms with Crippen molar-refractivity contribution in [2.24, 2.45) is 0 Å². The first-order chi connectivity index (χ1) is 13.6. The summed E-state index contributed by atoms with van der Waals surface area (Å²) in [5.41, 5.74) is 3.09. The van der Waals surface area contributed by atoms with Crippen LogP contribution in [-0.2, 0) is 17.9 Å². The van der Waals surface area contributed by atoms with E-state index in [0.717, 1.165) is 11.1 Å². The van der Waals surface area contributed by atoms with Gasteiger partial charge in [0.05, 0.1) is 12.1 Å². The van der Waals surface area contributed by atoms with Gasteiger partial charge in [-0.25, -0.2) is 14.5 Å². The minimum Gasteiger partial charge on any atom is -0.408 e. The molecule has 0 aliphatic rings. The van der Waals surface area contributed by atoms with Crippen molar-refractivity contribution < 1.29 is 9.21 Å². The average Bonchev–Trinajstić information content (AvgIpc) is 3.32. The molecule has 1 unspecified atom stereocenters. The lowest BCUT2D eigenvalue weighted by atomic mass is 10.1. The van der Waals surface area contributed by atoms with Gasteiger partial charge in [0, 0.05) is 6.54 Å². The van der Waals surface area contributed by atoms with Gasteiger partial charge >= 0.3 is 5.76 Å². The molecule has 2 heterocycles. The van der Waals surface area contributed by atoms with Gasteiger partial charge in [-0.15, -0.1) is 0 Å². The Morgan fingerprint density at radius 2 is 2.00 bits per heavy atom. The molecule has 142 valence electrons. The number of rotatable bonds is 6.